The Morgan fingerprint density at radius 2 is 1.76 bits per heavy atom. The van der Waals surface area contributed by atoms with E-state index >= 15 is 0 Å². The van der Waals surface area contributed by atoms with Crippen molar-refractivity contribution in [1.82, 2.24) is 9.78 Å². The zero-order chi connectivity index (χ0) is 20.5. The average Bonchev–Trinajstić information content (AvgIpc) is 3.30. The Hall–Kier alpha value is -3.67. The molecule has 4 rings (SSSR count). The number of hydrogen-bond donors (Lipinski definition) is 1. The quantitative estimate of drug-likeness (QED) is 0.505. The minimum Gasteiger partial charge on any atom is -0.460 e. The van der Waals surface area contributed by atoms with Crippen molar-refractivity contribution in [3.8, 4) is 17.1 Å². The number of nitrogens with zero attached hydrogens (tertiary/aromatic N) is 2. The molecule has 0 fully saturated rings. The molecule has 0 radical (unpaired) electrons. The Balaban J connectivity index is 1.79. The molecule has 2 heterocycles. The minimum atomic E-state index is -0.362. The van der Waals surface area contributed by atoms with Gasteiger partial charge in [-0.25, -0.2) is 9.07 Å². The van der Waals surface area contributed by atoms with Crippen molar-refractivity contribution in [2.75, 3.05) is 5.32 Å². The number of furan rings is 1. The van der Waals surface area contributed by atoms with Crippen LogP contribution in [0.15, 0.2) is 65.1 Å². The maximum atomic E-state index is 13.2. The number of amides is 1. The molecule has 2 aromatic carbocycles. The zero-order valence-electron chi connectivity index (χ0n) is 16.4. The summed E-state index contributed by atoms with van der Waals surface area (Å²) in [6, 6.07) is 16.9. The van der Waals surface area contributed by atoms with E-state index in [9.17, 15) is 9.18 Å². The van der Waals surface area contributed by atoms with Crippen molar-refractivity contribution in [3.63, 3.8) is 0 Å². The molecule has 0 saturated heterocycles. The molecule has 6 heteroatoms. The lowest BCUT2D eigenvalue weighted by Crippen LogP contribution is -2.17. The maximum Gasteiger partial charge on any atom is 0.274 e. The summed E-state index contributed by atoms with van der Waals surface area (Å²) in [7, 11) is 0. The van der Waals surface area contributed by atoms with Gasteiger partial charge >= 0.3 is 0 Å². The van der Waals surface area contributed by atoms with E-state index in [1.165, 1.54) is 24.3 Å². The van der Waals surface area contributed by atoms with Gasteiger partial charge in [0.1, 0.15) is 23.0 Å². The second-order valence-corrected chi connectivity index (χ2v) is 6.99. The monoisotopic (exact) mass is 389 g/mol. The highest BCUT2D eigenvalue weighted by molar-refractivity contribution is 6.04. The van der Waals surface area contributed by atoms with Crippen LogP contribution in [0.1, 0.15) is 27.4 Å². The average molecular weight is 389 g/mol. The molecule has 146 valence electrons. The number of halogens is 1. The van der Waals surface area contributed by atoms with Crippen LogP contribution < -0.4 is 5.32 Å². The van der Waals surface area contributed by atoms with Gasteiger partial charge < -0.3 is 9.73 Å². The Morgan fingerprint density at radius 1 is 1.00 bits per heavy atom. The number of anilines is 1. The van der Waals surface area contributed by atoms with Crippen LogP contribution in [0.5, 0.6) is 0 Å². The molecule has 0 bridgehead atoms. The predicted molar refractivity (Wildman–Crippen MR) is 110 cm³/mol. The van der Waals surface area contributed by atoms with Crippen LogP contribution >= 0.6 is 0 Å². The highest BCUT2D eigenvalue weighted by Gasteiger charge is 2.20. The summed E-state index contributed by atoms with van der Waals surface area (Å²) in [6.07, 6.45) is 0. The first-order valence-electron chi connectivity index (χ1n) is 9.22. The Labute approximate surface area is 167 Å². The van der Waals surface area contributed by atoms with Gasteiger partial charge in [-0.05, 0) is 68.8 Å². The fourth-order valence-corrected chi connectivity index (χ4v) is 3.19. The molecule has 0 atom stereocenters. The Kier molecular flexibility index (Phi) is 4.76. The summed E-state index contributed by atoms with van der Waals surface area (Å²) in [6.45, 7) is 5.84. The van der Waals surface area contributed by atoms with E-state index < -0.39 is 0 Å². The van der Waals surface area contributed by atoms with Gasteiger partial charge in [-0.15, -0.1) is 0 Å². The van der Waals surface area contributed by atoms with E-state index in [4.69, 9.17) is 4.42 Å². The lowest BCUT2D eigenvalue weighted by Gasteiger charge is -2.11. The van der Waals surface area contributed by atoms with E-state index in [0.29, 0.717) is 22.8 Å². The van der Waals surface area contributed by atoms with Crippen molar-refractivity contribution >= 4 is 11.6 Å². The van der Waals surface area contributed by atoms with Crippen molar-refractivity contribution in [3.05, 3.63) is 89.1 Å². The molecule has 1 N–H and O–H groups in total. The summed E-state index contributed by atoms with van der Waals surface area (Å²) in [5.41, 5.74) is 4.32. The standard InChI is InChI=1S/C23H20FN3O2/c1-14-4-10-20(15(2)12-14)27-21(13-19(26-27)22-11-5-16(3)29-22)23(28)25-18-8-6-17(24)7-9-18/h4-13H,1-3H3,(H,25,28). The zero-order valence-corrected chi connectivity index (χ0v) is 16.4. The first kappa shape index (κ1) is 18.7. The normalized spacial score (nSPS) is 10.9. The molecule has 0 aliphatic carbocycles. The van der Waals surface area contributed by atoms with Crippen molar-refractivity contribution in [2.24, 2.45) is 0 Å². The number of aromatic nitrogens is 2. The molecule has 0 aliphatic rings. The van der Waals surface area contributed by atoms with Crippen molar-refractivity contribution < 1.29 is 13.6 Å². The smallest absolute Gasteiger partial charge is 0.274 e. The van der Waals surface area contributed by atoms with E-state index in [2.05, 4.69) is 10.4 Å². The van der Waals surface area contributed by atoms with E-state index in [-0.39, 0.29) is 11.7 Å². The second kappa shape index (κ2) is 7.39. The van der Waals surface area contributed by atoms with Crippen LogP contribution in [0.25, 0.3) is 17.1 Å². The van der Waals surface area contributed by atoms with Gasteiger partial charge in [-0.2, -0.15) is 5.10 Å². The highest BCUT2D eigenvalue weighted by Crippen LogP contribution is 2.26. The number of rotatable bonds is 4. The van der Waals surface area contributed by atoms with Crippen LogP contribution in [0, 0.1) is 26.6 Å². The van der Waals surface area contributed by atoms with Gasteiger partial charge in [0.2, 0.25) is 0 Å². The largest absolute Gasteiger partial charge is 0.460 e. The lowest BCUT2D eigenvalue weighted by molar-refractivity contribution is 0.101. The van der Waals surface area contributed by atoms with E-state index in [1.54, 1.807) is 10.7 Å². The number of benzene rings is 2. The lowest BCUT2D eigenvalue weighted by atomic mass is 10.1. The summed E-state index contributed by atoms with van der Waals surface area (Å²) < 4.78 is 20.5. The molecule has 29 heavy (non-hydrogen) atoms. The fourth-order valence-electron chi connectivity index (χ4n) is 3.19. The first-order valence-corrected chi connectivity index (χ1v) is 9.22. The van der Waals surface area contributed by atoms with Crippen LogP contribution in [0.4, 0.5) is 10.1 Å². The van der Waals surface area contributed by atoms with Crippen LogP contribution in [-0.2, 0) is 0 Å². The molecular weight excluding hydrogens is 369 g/mol. The van der Waals surface area contributed by atoms with E-state index in [0.717, 1.165) is 22.6 Å². The number of carbonyl (C=O) groups excluding carboxylic acids is 1. The van der Waals surface area contributed by atoms with Gasteiger partial charge in [0.25, 0.3) is 5.91 Å². The number of nitrogens with one attached hydrogen (secondary N) is 1. The fraction of sp³-hybridized carbons (Fsp3) is 0.130. The first-order chi connectivity index (χ1) is 13.9. The SMILES string of the molecule is Cc1ccc(-n2nc(-c3ccc(C)o3)cc2C(=O)Nc2ccc(F)cc2)c(C)c1. The Morgan fingerprint density at radius 3 is 2.41 bits per heavy atom. The molecule has 0 unspecified atom stereocenters. The summed E-state index contributed by atoms with van der Waals surface area (Å²) in [5, 5.41) is 7.43. The predicted octanol–water partition coefficient (Wildman–Crippen LogP) is 5.45. The van der Waals surface area contributed by atoms with Crippen LogP contribution in [-0.4, -0.2) is 15.7 Å². The van der Waals surface area contributed by atoms with Gasteiger partial charge in [0.05, 0.1) is 5.69 Å². The summed E-state index contributed by atoms with van der Waals surface area (Å²) >= 11 is 0. The molecular formula is C23H20FN3O2. The third-order valence-electron chi connectivity index (χ3n) is 4.62. The molecule has 5 nitrogen and oxygen atoms in total. The Bertz CT molecular complexity index is 1190. The topological polar surface area (TPSA) is 60.1 Å². The molecule has 0 saturated carbocycles. The van der Waals surface area contributed by atoms with Crippen molar-refractivity contribution in [2.45, 2.75) is 20.8 Å². The number of carbonyl (C=O) groups is 1. The van der Waals surface area contributed by atoms with Gasteiger partial charge in [-0.3, -0.25) is 4.79 Å². The summed E-state index contributed by atoms with van der Waals surface area (Å²) in [4.78, 5) is 13.0. The van der Waals surface area contributed by atoms with Gasteiger partial charge in [-0.1, -0.05) is 17.7 Å². The minimum absolute atomic E-state index is 0.349. The molecule has 0 aliphatic heterocycles. The third kappa shape index (κ3) is 3.82. The summed E-state index contributed by atoms with van der Waals surface area (Å²) in [5.74, 6) is 0.637. The number of aryl methyl sites for hydroxylation is 3. The molecule has 0 spiro atoms. The molecule has 2 aromatic heterocycles. The number of hydrogen-bond acceptors (Lipinski definition) is 3. The second-order valence-electron chi connectivity index (χ2n) is 6.99. The molecule has 1 amide bonds. The third-order valence-corrected chi connectivity index (χ3v) is 4.62. The van der Waals surface area contributed by atoms with Crippen LogP contribution in [0.2, 0.25) is 0 Å². The van der Waals surface area contributed by atoms with Crippen molar-refractivity contribution in [1.29, 1.82) is 0 Å². The maximum absolute atomic E-state index is 13.2. The van der Waals surface area contributed by atoms with Gasteiger partial charge in [0, 0.05) is 11.8 Å². The van der Waals surface area contributed by atoms with Gasteiger partial charge in [0.15, 0.2) is 5.76 Å². The molecule has 4 aromatic rings. The van der Waals surface area contributed by atoms with E-state index in [1.807, 2.05) is 51.1 Å². The van der Waals surface area contributed by atoms with Crippen LogP contribution in [0.3, 0.4) is 0 Å². The highest BCUT2D eigenvalue weighted by atomic mass is 19.1.